The number of nitrogens with zero attached hydrogens (tertiary/aromatic N) is 3. The van der Waals surface area contributed by atoms with E-state index in [-0.39, 0.29) is 5.91 Å². The fraction of sp³-hybridized carbons (Fsp3) is 0.348. The molecule has 0 saturated carbocycles. The minimum Gasteiger partial charge on any atom is -0.496 e. The van der Waals surface area contributed by atoms with Crippen LogP contribution in [-0.2, 0) is 19.4 Å². The Balaban J connectivity index is 1.51. The van der Waals surface area contributed by atoms with Gasteiger partial charge in [0.15, 0.2) is 0 Å². The standard InChI is InChI=1S/C23H26N4O3/c1-29-19-8-5-9-20(30-2)21(19)23(28)25-14-15-27-18-7-4-3-6-17(18)22(26-27)16-10-12-24-13-11-16/h5,8-13H,3-4,6-7,14-15H2,1-2H3,(H,25,28). The second-order valence-electron chi connectivity index (χ2n) is 7.23. The average Bonchev–Trinajstić information content (AvgIpc) is 3.17. The van der Waals surface area contributed by atoms with Gasteiger partial charge in [-0.05, 0) is 49.9 Å². The maximum atomic E-state index is 12.8. The van der Waals surface area contributed by atoms with Crippen LogP contribution >= 0.6 is 0 Å². The number of rotatable bonds is 7. The summed E-state index contributed by atoms with van der Waals surface area (Å²) in [4.78, 5) is 16.9. The molecule has 0 unspecified atom stereocenters. The highest BCUT2D eigenvalue weighted by atomic mass is 16.5. The van der Waals surface area contributed by atoms with Gasteiger partial charge >= 0.3 is 0 Å². The van der Waals surface area contributed by atoms with Gasteiger partial charge in [0.25, 0.3) is 5.91 Å². The zero-order valence-electron chi connectivity index (χ0n) is 17.4. The molecule has 4 rings (SSSR count). The summed E-state index contributed by atoms with van der Waals surface area (Å²) < 4.78 is 12.7. The number of methoxy groups -OCH3 is 2. The van der Waals surface area contributed by atoms with E-state index in [1.807, 2.05) is 16.8 Å². The zero-order valence-corrected chi connectivity index (χ0v) is 17.4. The molecule has 0 aliphatic heterocycles. The number of carbonyl (C=O) groups excluding carboxylic acids is 1. The van der Waals surface area contributed by atoms with Gasteiger partial charge in [-0.25, -0.2) is 0 Å². The van der Waals surface area contributed by atoms with E-state index in [4.69, 9.17) is 14.6 Å². The van der Waals surface area contributed by atoms with E-state index >= 15 is 0 Å². The quantitative estimate of drug-likeness (QED) is 0.652. The highest BCUT2D eigenvalue weighted by Gasteiger charge is 2.22. The van der Waals surface area contributed by atoms with Gasteiger partial charge in [-0.2, -0.15) is 5.10 Å². The van der Waals surface area contributed by atoms with Crippen LogP contribution in [0.3, 0.4) is 0 Å². The Morgan fingerprint density at radius 2 is 1.77 bits per heavy atom. The fourth-order valence-corrected chi connectivity index (χ4v) is 4.04. The Morgan fingerprint density at radius 1 is 1.07 bits per heavy atom. The second-order valence-corrected chi connectivity index (χ2v) is 7.23. The topological polar surface area (TPSA) is 78.3 Å². The Kier molecular flexibility index (Phi) is 5.97. The summed E-state index contributed by atoms with van der Waals surface area (Å²) in [5.74, 6) is 0.756. The lowest BCUT2D eigenvalue weighted by Crippen LogP contribution is -2.29. The van der Waals surface area contributed by atoms with E-state index in [0.717, 1.165) is 24.1 Å². The molecule has 0 spiro atoms. The fourth-order valence-electron chi connectivity index (χ4n) is 4.04. The Morgan fingerprint density at radius 3 is 2.47 bits per heavy atom. The van der Waals surface area contributed by atoms with Crippen LogP contribution < -0.4 is 14.8 Å². The van der Waals surface area contributed by atoms with Gasteiger partial charge in [0.1, 0.15) is 17.1 Å². The van der Waals surface area contributed by atoms with Crippen LogP contribution in [0.5, 0.6) is 11.5 Å². The van der Waals surface area contributed by atoms with Gasteiger partial charge in [0, 0.05) is 35.8 Å². The van der Waals surface area contributed by atoms with Crippen LogP contribution in [-0.4, -0.2) is 41.4 Å². The zero-order chi connectivity index (χ0) is 20.9. The highest BCUT2D eigenvalue weighted by molar-refractivity contribution is 5.99. The number of nitrogens with one attached hydrogen (secondary N) is 1. The van der Waals surface area contributed by atoms with Crippen LogP contribution in [0.4, 0.5) is 0 Å². The van der Waals surface area contributed by atoms with Crippen LogP contribution in [0, 0.1) is 0 Å². The maximum Gasteiger partial charge on any atom is 0.258 e. The molecular weight excluding hydrogens is 380 g/mol. The first-order chi connectivity index (χ1) is 14.7. The monoisotopic (exact) mass is 406 g/mol. The number of benzene rings is 1. The average molecular weight is 406 g/mol. The Hall–Kier alpha value is -3.35. The van der Waals surface area contributed by atoms with Gasteiger partial charge in [-0.3, -0.25) is 14.5 Å². The van der Waals surface area contributed by atoms with Gasteiger partial charge in [-0.15, -0.1) is 0 Å². The molecule has 1 aliphatic carbocycles. The number of amides is 1. The van der Waals surface area contributed by atoms with Crippen LogP contribution in [0.2, 0.25) is 0 Å². The van der Waals surface area contributed by atoms with Crippen LogP contribution in [0.15, 0.2) is 42.7 Å². The van der Waals surface area contributed by atoms with Crippen LogP contribution in [0.25, 0.3) is 11.3 Å². The molecule has 156 valence electrons. The summed E-state index contributed by atoms with van der Waals surface area (Å²) in [6.45, 7) is 1.07. The second kappa shape index (κ2) is 8.98. The molecule has 0 saturated heterocycles. The van der Waals surface area contributed by atoms with Gasteiger partial charge in [-0.1, -0.05) is 6.07 Å². The number of pyridine rings is 1. The molecule has 0 bridgehead atoms. The predicted molar refractivity (Wildman–Crippen MR) is 114 cm³/mol. The van der Waals surface area contributed by atoms with E-state index in [0.29, 0.717) is 30.2 Å². The number of carbonyl (C=O) groups is 1. The molecule has 7 nitrogen and oxygen atoms in total. The van der Waals surface area contributed by atoms with E-state index in [1.165, 1.54) is 24.1 Å². The van der Waals surface area contributed by atoms with Crippen molar-refractivity contribution < 1.29 is 14.3 Å². The smallest absolute Gasteiger partial charge is 0.258 e. The highest BCUT2D eigenvalue weighted by Crippen LogP contribution is 2.31. The van der Waals surface area contributed by atoms with E-state index < -0.39 is 0 Å². The van der Waals surface area contributed by atoms with E-state index in [9.17, 15) is 4.79 Å². The van der Waals surface area contributed by atoms with Crippen molar-refractivity contribution in [2.24, 2.45) is 0 Å². The number of hydrogen-bond donors (Lipinski definition) is 1. The third kappa shape index (κ3) is 3.87. The lowest BCUT2D eigenvalue weighted by molar-refractivity contribution is 0.0945. The lowest BCUT2D eigenvalue weighted by Gasteiger charge is -2.15. The Labute approximate surface area is 176 Å². The van der Waals surface area contributed by atoms with Crippen molar-refractivity contribution in [3.63, 3.8) is 0 Å². The van der Waals surface area contributed by atoms with Crippen LogP contribution in [0.1, 0.15) is 34.5 Å². The number of hydrogen-bond acceptors (Lipinski definition) is 5. The van der Waals surface area contributed by atoms with E-state index in [2.05, 4.69) is 10.3 Å². The number of fused-ring (bicyclic) bond motifs is 1. The number of ether oxygens (including phenoxy) is 2. The molecule has 2 aromatic heterocycles. The molecule has 2 heterocycles. The molecule has 0 atom stereocenters. The molecule has 1 N–H and O–H groups in total. The summed E-state index contributed by atoms with van der Waals surface area (Å²) >= 11 is 0. The minimum atomic E-state index is -0.223. The molecule has 1 amide bonds. The first kappa shape index (κ1) is 19.9. The molecule has 0 radical (unpaired) electrons. The molecule has 30 heavy (non-hydrogen) atoms. The van der Waals surface area contributed by atoms with E-state index in [1.54, 1.807) is 44.8 Å². The Bertz CT molecular complexity index is 1010. The lowest BCUT2D eigenvalue weighted by atomic mass is 9.94. The molecule has 1 aliphatic rings. The van der Waals surface area contributed by atoms with Crippen molar-refractivity contribution in [3.8, 4) is 22.8 Å². The van der Waals surface area contributed by atoms with Crippen molar-refractivity contribution in [2.45, 2.75) is 32.2 Å². The summed E-state index contributed by atoms with van der Waals surface area (Å²) in [6, 6.07) is 9.30. The molecule has 0 fully saturated rings. The predicted octanol–water partition coefficient (Wildman–Crippen LogP) is 3.27. The molecule has 7 heteroatoms. The normalized spacial score (nSPS) is 12.9. The van der Waals surface area contributed by atoms with Gasteiger partial charge in [0.2, 0.25) is 0 Å². The first-order valence-electron chi connectivity index (χ1n) is 10.2. The van der Waals surface area contributed by atoms with Gasteiger partial charge < -0.3 is 14.8 Å². The first-order valence-corrected chi connectivity index (χ1v) is 10.2. The van der Waals surface area contributed by atoms with Crippen molar-refractivity contribution in [1.29, 1.82) is 0 Å². The molecular formula is C23H26N4O3. The third-order valence-corrected chi connectivity index (χ3v) is 5.47. The van der Waals surface area contributed by atoms with Crippen molar-refractivity contribution in [1.82, 2.24) is 20.1 Å². The maximum absolute atomic E-state index is 12.8. The SMILES string of the molecule is COc1cccc(OC)c1C(=O)NCCn1nc(-c2ccncc2)c2c1CCCC2. The van der Waals surface area contributed by atoms with Crippen molar-refractivity contribution >= 4 is 5.91 Å². The van der Waals surface area contributed by atoms with Crippen molar-refractivity contribution in [2.75, 3.05) is 20.8 Å². The van der Waals surface area contributed by atoms with Crippen molar-refractivity contribution in [3.05, 3.63) is 59.5 Å². The third-order valence-electron chi connectivity index (χ3n) is 5.47. The minimum absolute atomic E-state index is 0.223. The number of aromatic nitrogens is 3. The molecule has 1 aromatic carbocycles. The largest absolute Gasteiger partial charge is 0.496 e. The van der Waals surface area contributed by atoms with Gasteiger partial charge in [0.05, 0.1) is 26.5 Å². The summed E-state index contributed by atoms with van der Waals surface area (Å²) in [6.07, 6.45) is 7.99. The summed E-state index contributed by atoms with van der Waals surface area (Å²) in [7, 11) is 3.09. The molecule has 3 aromatic rings. The summed E-state index contributed by atoms with van der Waals surface area (Å²) in [5.41, 5.74) is 5.12. The summed E-state index contributed by atoms with van der Waals surface area (Å²) in [5, 5.41) is 7.87.